The van der Waals surface area contributed by atoms with Crippen LogP contribution in [0.5, 0.6) is 0 Å². The van der Waals surface area contributed by atoms with Crippen LogP contribution < -0.4 is 16.0 Å². The summed E-state index contributed by atoms with van der Waals surface area (Å²) in [6.45, 7) is 4.07. The Morgan fingerprint density at radius 3 is 2.37 bits per heavy atom. The van der Waals surface area contributed by atoms with E-state index in [1.54, 1.807) is 12.1 Å². The van der Waals surface area contributed by atoms with Crippen molar-refractivity contribution in [2.75, 3.05) is 18.4 Å². The molecule has 0 radical (unpaired) electrons. The number of hydrogen-bond acceptors (Lipinski definition) is 2. The van der Waals surface area contributed by atoms with Gasteiger partial charge in [-0.05, 0) is 48.7 Å². The molecule has 0 bridgehead atoms. The highest BCUT2D eigenvalue weighted by molar-refractivity contribution is 5.88. The number of nitrogens with zero attached hydrogens (tertiary/aromatic N) is 1. The number of carbonyl (C=O) groups is 1. The number of rotatable bonds is 7. The van der Waals surface area contributed by atoms with Crippen LogP contribution in [0.15, 0.2) is 47.5 Å². The van der Waals surface area contributed by atoms with E-state index in [1.807, 2.05) is 19.1 Å². The maximum Gasteiger partial charge on any atom is 0.416 e. The molecule has 9 heteroatoms. The minimum absolute atomic E-state index is 0.102. The summed E-state index contributed by atoms with van der Waals surface area (Å²) in [5.74, 6) is -0.722. The maximum atomic E-state index is 13.2. The first-order valence-corrected chi connectivity index (χ1v) is 9.43. The van der Waals surface area contributed by atoms with Crippen molar-refractivity contribution in [2.24, 2.45) is 4.99 Å². The van der Waals surface area contributed by atoms with E-state index in [-0.39, 0.29) is 18.0 Å². The van der Waals surface area contributed by atoms with Crippen molar-refractivity contribution in [2.45, 2.75) is 33.0 Å². The van der Waals surface area contributed by atoms with Crippen LogP contribution in [0.4, 0.5) is 23.2 Å². The van der Waals surface area contributed by atoms with Crippen molar-refractivity contribution >= 4 is 17.6 Å². The van der Waals surface area contributed by atoms with Crippen molar-refractivity contribution in [3.8, 4) is 0 Å². The number of guanidine groups is 1. The Balaban J connectivity index is 1.99. The van der Waals surface area contributed by atoms with Gasteiger partial charge in [0.1, 0.15) is 5.82 Å². The first-order valence-electron chi connectivity index (χ1n) is 9.43. The monoisotopic (exact) mass is 424 g/mol. The molecule has 162 valence electrons. The topological polar surface area (TPSA) is 65.5 Å². The summed E-state index contributed by atoms with van der Waals surface area (Å²) in [5, 5.41) is 8.73. The second kappa shape index (κ2) is 10.6. The summed E-state index contributed by atoms with van der Waals surface area (Å²) in [4.78, 5) is 15.2. The van der Waals surface area contributed by atoms with Crippen LogP contribution in [-0.2, 0) is 23.9 Å². The summed E-state index contributed by atoms with van der Waals surface area (Å²) >= 11 is 0. The Morgan fingerprint density at radius 1 is 1.07 bits per heavy atom. The molecule has 2 rings (SSSR count). The number of hydrogen-bond donors (Lipinski definition) is 3. The molecule has 0 atom stereocenters. The molecule has 2 aromatic rings. The number of benzene rings is 2. The number of amides is 1. The molecule has 0 heterocycles. The van der Waals surface area contributed by atoms with Gasteiger partial charge < -0.3 is 16.0 Å². The second-order valence-corrected chi connectivity index (χ2v) is 6.55. The molecule has 0 aliphatic heterocycles. The molecule has 0 saturated carbocycles. The third-order valence-corrected chi connectivity index (χ3v) is 4.11. The Morgan fingerprint density at radius 2 is 1.77 bits per heavy atom. The molecule has 0 saturated heterocycles. The van der Waals surface area contributed by atoms with Gasteiger partial charge in [0.05, 0.1) is 12.1 Å². The predicted molar refractivity (Wildman–Crippen MR) is 109 cm³/mol. The van der Waals surface area contributed by atoms with Crippen LogP contribution in [0.1, 0.15) is 30.5 Å². The number of aliphatic imine (C=N–C) groups is 1. The van der Waals surface area contributed by atoms with Gasteiger partial charge in [-0.1, -0.05) is 18.2 Å². The van der Waals surface area contributed by atoms with Gasteiger partial charge in [-0.15, -0.1) is 0 Å². The van der Waals surface area contributed by atoms with E-state index in [2.05, 4.69) is 20.9 Å². The normalized spacial score (nSPS) is 11.9. The van der Waals surface area contributed by atoms with E-state index < -0.39 is 17.6 Å². The lowest BCUT2D eigenvalue weighted by atomic mass is 10.1. The Hall–Kier alpha value is -3.10. The fourth-order valence-corrected chi connectivity index (χ4v) is 2.74. The Bertz CT molecular complexity index is 880. The molecular weight excluding hydrogens is 400 g/mol. The van der Waals surface area contributed by atoms with E-state index in [9.17, 15) is 22.4 Å². The number of halogens is 4. The second-order valence-electron chi connectivity index (χ2n) is 6.55. The van der Waals surface area contributed by atoms with Gasteiger partial charge >= 0.3 is 6.18 Å². The smallest absolute Gasteiger partial charge is 0.357 e. The number of anilines is 1. The quantitative estimate of drug-likeness (QED) is 0.356. The molecule has 5 nitrogen and oxygen atoms in total. The highest BCUT2D eigenvalue weighted by Gasteiger charge is 2.33. The molecule has 0 aliphatic rings. The van der Waals surface area contributed by atoms with Gasteiger partial charge in [0.15, 0.2) is 5.96 Å². The van der Waals surface area contributed by atoms with Gasteiger partial charge in [-0.3, -0.25) is 4.79 Å². The number of alkyl halides is 3. The standard InChI is InChI=1S/C21H24F4N4O/c1-3-26-20(27-11-10-15-4-8-18(9-5-15)29-14(2)30)28-13-16-6-7-17(22)12-19(16)21(23,24)25/h4-9,12H,3,10-11,13H2,1-2H3,(H,29,30)(H2,26,27,28). The summed E-state index contributed by atoms with van der Waals surface area (Å²) in [7, 11) is 0. The van der Waals surface area contributed by atoms with E-state index in [1.165, 1.54) is 6.92 Å². The van der Waals surface area contributed by atoms with Crippen molar-refractivity contribution < 1.29 is 22.4 Å². The summed E-state index contributed by atoms with van der Waals surface area (Å²) < 4.78 is 52.6. The molecule has 3 N–H and O–H groups in total. The molecule has 0 unspecified atom stereocenters. The van der Waals surface area contributed by atoms with E-state index >= 15 is 0 Å². The maximum absolute atomic E-state index is 13.2. The lowest BCUT2D eigenvalue weighted by Crippen LogP contribution is -2.38. The van der Waals surface area contributed by atoms with Crippen molar-refractivity contribution in [1.29, 1.82) is 0 Å². The Kier molecular flexibility index (Phi) is 8.20. The zero-order valence-corrected chi connectivity index (χ0v) is 16.7. The van der Waals surface area contributed by atoms with Gasteiger partial charge in [0, 0.05) is 25.7 Å². The SMILES string of the molecule is CCNC(=NCc1ccc(F)cc1C(F)(F)F)NCCc1ccc(NC(C)=O)cc1. The molecular formula is C21H24F4N4O. The lowest BCUT2D eigenvalue weighted by Gasteiger charge is -2.14. The summed E-state index contributed by atoms with van der Waals surface area (Å²) in [6, 6.07) is 9.92. The highest BCUT2D eigenvalue weighted by atomic mass is 19.4. The average molecular weight is 424 g/mol. The van der Waals surface area contributed by atoms with Gasteiger partial charge in [0.25, 0.3) is 0 Å². The van der Waals surface area contributed by atoms with Crippen LogP contribution in [-0.4, -0.2) is 25.0 Å². The zero-order chi connectivity index (χ0) is 22.1. The van der Waals surface area contributed by atoms with Crippen LogP contribution in [0.3, 0.4) is 0 Å². The van der Waals surface area contributed by atoms with Crippen molar-refractivity contribution in [3.05, 3.63) is 65.0 Å². The fraction of sp³-hybridized carbons (Fsp3) is 0.333. The van der Waals surface area contributed by atoms with E-state index in [4.69, 9.17) is 0 Å². The van der Waals surface area contributed by atoms with Gasteiger partial charge in [-0.2, -0.15) is 13.2 Å². The van der Waals surface area contributed by atoms with Crippen LogP contribution in [0.25, 0.3) is 0 Å². The van der Waals surface area contributed by atoms with Crippen LogP contribution in [0, 0.1) is 5.82 Å². The third-order valence-electron chi connectivity index (χ3n) is 4.11. The van der Waals surface area contributed by atoms with E-state index in [0.29, 0.717) is 37.2 Å². The molecule has 0 aliphatic carbocycles. The minimum atomic E-state index is -4.65. The molecule has 2 aromatic carbocycles. The molecule has 1 amide bonds. The predicted octanol–water partition coefficient (Wildman–Crippen LogP) is 4.10. The third kappa shape index (κ3) is 7.38. The number of carbonyl (C=O) groups excluding carboxylic acids is 1. The molecule has 30 heavy (non-hydrogen) atoms. The van der Waals surface area contributed by atoms with Gasteiger partial charge in [-0.25, -0.2) is 9.38 Å². The first-order chi connectivity index (χ1) is 14.2. The minimum Gasteiger partial charge on any atom is -0.357 e. The molecule has 0 spiro atoms. The van der Waals surface area contributed by atoms with E-state index in [0.717, 1.165) is 17.7 Å². The largest absolute Gasteiger partial charge is 0.416 e. The lowest BCUT2D eigenvalue weighted by molar-refractivity contribution is -0.138. The summed E-state index contributed by atoms with van der Waals surface area (Å²) in [6.07, 6.45) is -4.00. The first kappa shape index (κ1) is 23.2. The summed E-state index contributed by atoms with van der Waals surface area (Å²) in [5.41, 5.74) is 0.593. The highest BCUT2D eigenvalue weighted by Crippen LogP contribution is 2.32. The fourth-order valence-electron chi connectivity index (χ4n) is 2.74. The zero-order valence-electron chi connectivity index (χ0n) is 16.7. The van der Waals surface area contributed by atoms with Crippen molar-refractivity contribution in [1.82, 2.24) is 10.6 Å². The molecule has 0 aromatic heterocycles. The van der Waals surface area contributed by atoms with Crippen LogP contribution in [0.2, 0.25) is 0 Å². The Labute approximate surface area is 172 Å². The average Bonchev–Trinajstić information content (AvgIpc) is 2.67. The van der Waals surface area contributed by atoms with Crippen molar-refractivity contribution in [3.63, 3.8) is 0 Å². The van der Waals surface area contributed by atoms with Crippen LogP contribution >= 0.6 is 0 Å². The molecule has 0 fully saturated rings. The van der Waals surface area contributed by atoms with Gasteiger partial charge in [0.2, 0.25) is 5.91 Å². The number of nitrogens with one attached hydrogen (secondary N) is 3.